The number of likely N-dealkylation sites (tertiary alicyclic amines) is 1. The molecule has 13 heavy (non-hydrogen) atoms. The highest BCUT2D eigenvalue weighted by atomic mass is 35.5. The van der Waals surface area contributed by atoms with Gasteiger partial charge < -0.3 is 15.1 Å². The first kappa shape index (κ1) is 10.3. The van der Waals surface area contributed by atoms with Crippen molar-refractivity contribution < 1.29 is 19.8 Å². The number of aliphatic hydroxyl groups is 1. The average molecular weight is 208 g/mol. The van der Waals surface area contributed by atoms with Gasteiger partial charge in [0.15, 0.2) is 6.04 Å². The highest BCUT2D eigenvalue weighted by Crippen LogP contribution is 2.18. The molecule has 1 saturated heterocycles. The summed E-state index contributed by atoms with van der Waals surface area (Å²) < 4.78 is 0. The molecule has 6 heteroatoms. The third-order valence-electron chi connectivity index (χ3n) is 2.05. The van der Waals surface area contributed by atoms with Crippen LogP contribution in [0.2, 0.25) is 0 Å². The van der Waals surface area contributed by atoms with Gasteiger partial charge in [0, 0.05) is 6.54 Å². The number of carboxylic acid groups (broad SMARTS) is 1. The monoisotopic (exact) mass is 207 g/mol. The predicted octanol–water partition coefficient (Wildman–Crippen LogP) is -0.728. The summed E-state index contributed by atoms with van der Waals surface area (Å²) in [6, 6.07) is -1.13. The molecule has 1 fully saturated rings. The van der Waals surface area contributed by atoms with Crippen molar-refractivity contribution in [2.45, 2.75) is 18.6 Å². The zero-order valence-electron chi connectivity index (χ0n) is 6.81. The van der Waals surface area contributed by atoms with Gasteiger partial charge in [-0.2, -0.15) is 0 Å². The zero-order valence-corrected chi connectivity index (χ0v) is 7.57. The summed E-state index contributed by atoms with van der Waals surface area (Å²) in [5, 5.41) is 18.0. The molecule has 0 aliphatic carbocycles. The molecule has 1 amide bonds. The van der Waals surface area contributed by atoms with Gasteiger partial charge in [-0.15, -0.1) is 11.6 Å². The molecule has 0 aromatic rings. The van der Waals surface area contributed by atoms with Crippen LogP contribution >= 0.6 is 11.6 Å². The Morgan fingerprint density at radius 1 is 1.54 bits per heavy atom. The molecule has 1 aliphatic rings. The minimum absolute atomic E-state index is 0.253. The second-order valence-electron chi connectivity index (χ2n) is 2.86. The van der Waals surface area contributed by atoms with E-state index in [2.05, 4.69) is 0 Å². The van der Waals surface area contributed by atoms with Crippen molar-refractivity contribution in [1.29, 1.82) is 0 Å². The van der Waals surface area contributed by atoms with E-state index >= 15 is 0 Å². The van der Waals surface area contributed by atoms with Crippen LogP contribution in [0.3, 0.4) is 0 Å². The van der Waals surface area contributed by atoms with Crippen LogP contribution in [0.5, 0.6) is 0 Å². The summed E-state index contributed by atoms with van der Waals surface area (Å²) in [7, 11) is 0. The molecular weight excluding hydrogens is 198 g/mol. The lowest BCUT2D eigenvalue weighted by atomic mass is 10.2. The summed E-state index contributed by atoms with van der Waals surface area (Å²) in [5.41, 5.74) is 0. The van der Waals surface area contributed by atoms with Crippen LogP contribution in [0.1, 0.15) is 6.42 Å². The number of alkyl halides is 1. The standard InChI is InChI=1S/C7H10ClNO4/c8-3-5(11)9-2-1-4(10)6(9)7(12)13/h4,6,10H,1-3H2,(H,12,13)/t4-,6-/m0/s1. The lowest BCUT2D eigenvalue weighted by Gasteiger charge is -2.21. The molecular formula is C7H10ClNO4. The van der Waals surface area contributed by atoms with E-state index in [4.69, 9.17) is 16.7 Å². The Bertz CT molecular complexity index is 233. The smallest absolute Gasteiger partial charge is 0.329 e. The molecule has 0 radical (unpaired) electrons. The maximum absolute atomic E-state index is 11.1. The molecule has 0 spiro atoms. The number of halogens is 1. The van der Waals surface area contributed by atoms with Gasteiger partial charge in [0.25, 0.3) is 0 Å². The molecule has 0 bridgehead atoms. The number of aliphatic hydroxyl groups excluding tert-OH is 1. The Hall–Kier alpha value is -0.810. The van der Waals surface area contributed by atoms with E-state index in [1.807, 2.05) is 0 Å². The van der Waals surface area contributed by atoms with Gasteiger partial charge in [-0.25, -0.2) is 4.79 Å². The van der Waals surface area contributed by atoms with Gasteiger partial charge in [0.2, 0.25) is 5.91 Å². The van der Waals surface area contributed by atoms with Crippen LogP contribution in [0.4, 0.5) is 0 Å². The van der Waals surface area contributed by atoms with E-state index in [0.29, 0.717) is 6.42 Å². The van der Waals surface area contributed by atoms with Crippen LogP contribution in [-0.2, 0) is 9.59 Å². The van der Waals surface area contributed by atoms with Crippen molar-refractivity contribution in [1.82, 2.24) is 4.90 Å². The largest absolute Gasteiger partial charge is 0.480 e. The van der Waals surface area contributed by atoms with Crippen molar-refractivity contribution in [2.75, 3.05) is 12.4 Å². The Kier molecular flexibility index (Phi) is 3.11. The first-order valence-electron chi connectivity index (χ1n) is 3.84. The number of carbonyl (C=O) groups excluding carboxylic acids is 1. The van der Waals surface area contributed by atoms with Gasteiger partial charge in [0.1, 0.15) is 5.88 Å². The van der Waals surface area contributed by atoms with Gasteiger partial charge in [-0.1, -0.05) is 0 Å². The third kappa shape index (κ3) is 1.92. The van der Waals surface area contributed by atoms with E-state index in [0.717, 1.165) is 4.90 Å². The van der Waals surface area contributed by atoms with E-state index in [9.17, 15) is 14.7 Å². The number of nitrogens with zero attached hydrogens (tertiary/aromatic N) is 1. The number of carbonyl (C=O) groups is 2. The summed E-state index contributed by atoms with van der Waals surface area (Å²) in [5.74, 6) is -1.90. The van der Waals surface area contributed by atoms with Crippen LogP contribution in [0.25, 0.3) is 0 Å². The Labute approximate surface area is 79.9 Å². The number of aliphatic carboxylic acids is 1. The van der Waals surface area contributed by atoms with Crippen molar-refractivity contribution in [3.05, 3.63) is 0 Å². The second kappa shape index (κ2) is 3.93. The molecule has 2 atom stereocenters. The molecule has 1 rings (SSSR count). The molecule has 0 unspecified atom stereocenters. The fourth-order valence-corrected chi connectivity index (χ4v) is 1.58. The van der Waals surface area contributed by atoms with E-state index in [1.165, 1.54) is 0 Å². The number of hydrogen-bond acceptors (Lipinski definition) is 3. The normalized spacial score (nSPS) is 27.7. The SMILES string of the molecule is O=C(O)[C@@H]1[C@@H](O)CCN1C(=O)CCl. The van der Waals surface area contributed by atoms with Gasteiger partial charge in [0.05, 0.1) is 6.10 Å². The van der Waals surface area contributed by atoms with E-state index in [-0.39, 0.29) is 12.4 Å². The predicted molar refractivity (Wildman–Crippen MR) is 44.5 cm³/mol. The minimum atomic E-state index is -1.19. The summed E-state index contributed by atoms with van der Waals surface area (Å²) in [6.07, 6.45) is -0.691. The van der Waals surface area contributed by atoms with E-state index in [1.54, 1.807) is 0 Å². The molecule has 0 saturated carbocycles. The quantitative estimate of drug-likeness (QED) is 0.586. The maximum atomic E-state index is 11.1. The summed E-state index contributed by atoms with van der Waals surface area (Å²) in [4.78, 5) is 22.8. The molecule has 0 aromatic heterocycles. The van der Waals surface area contributed by atoms with Crippen LogP contribution in [-0.4, -0.2) is 51.6 Å². The van der Waals surface area contributed by atoms with Crippen LogP contribution < -0.4 is 0 Å². The zero-order chi connectivity index (χ0) is 10.0. The molecule has 74 valence electrons. The lowest BCUT2D eigenvalue weighted by Crippen LogP contribution is -2.45. The summed E-state index contributed by atoms with van der Waals surface area (Å²) >= 11 is 5.28. The van der Waals surface area contributed by atoms with Gasteiger partial charge >= 0.3 is 5.97 Å². The van der Waals surface area contributed by atoms with Gasteiger partial charge in [-0.3, -0.25) is 4.79 Å². The number of rotatable bonds is 2. The Morgan fingerprint density at radius 2 is 2.15 bits per heavy atom. The van der Waals surface area contributed by atoms with Crippen molar-refractivity contribution in [2.24, 2.45) is 0 Å². The molecule has 1 heterocycles. The van der Waals surface area contributed by atoms with Crippen molar-refractivity contribution in [3.8, 4) is 0 Å². The maximum Gasteiger partial charge on any atom is 0.329 e. The molecule has 2 N–H and O–H groups in total. The van der Waals surface area contributed by atoms with Crippen molar-refractivity contribution >= 4 is 23.5 Å². The highest BCUT2D eigenvalue weighted by Gasteiger charge is 2.40. The van der Waals surface area contributed by atoms with Crippen LogP contribution in [0.15, 0.2) is 0 Å². The number of hydrogen-bond donors (Lipinski definition) is 2. The lowest BCUT2D eigenvalue weighted by molar-refractivity contribution is -0.150. The first-order chi connectivity index (χ1) is 6.07. The van der Waals surface area contributed by atoms with E-state index < -0.39 is 24.0 Å². The summed E-state index contributed by atoms with van der Waals surface area (Å²) in [6.45, 7) is 0.254. The molecule has 0 aromatic carbocycles. The second-order valence-corrected chi connectivity index (χ2v) is 3.13. The van der Waals surface area contributed by atoms with Crippen LogP contribution in [0, 0.1) is 0 Å². The van der Waals surface area contributed by atoms with Gasteiger partial charge in [-0.05, 0) is 6.42 Å². The minimum Gasteiger partial charge on any atom is -0.480 e. The number of carboxylic acids is 1. The average Bonchev–Trinajstić information content (AvgIpc) is 2.45. The molecule has 5 nitrogen and oxygen atoms in total. The molecule has 1 aliphatic heterocycles. The Balaban J connectivity index is 2.75. The fraction of sp³-hybridized carbons (Fsp3) is 0.714. The van der Waals surface area contributed by atoms with Crippen molar-refractivity contribution in [3.63, 3.8) is 0 Å². The highest BCUT2D eigenvalue weighted by molar-refractivity contribution is 6.27. The number of amides is 1. The third-order valence-corrected chi connectivity index (χ3v) is 2.28. The first-order valence-corrected chi connectivity index (χ1v) is 4.37. The fourth-order valence-electron chi connectivity index (χ4n) is 1.43. The topological polar surface area (TPSA) is 77.8 Å². The Morgan fingerprint density at radius 3 is 2.62 bits per heavy atom.